The number of nitrogens with zero attached hydrogens (tertiary/aromatic N) is 1. The standard InChI is InChI=1S/C18H20N2O3S/c1-14-9-10-16(20-11-5-8-18(20)21)12-17(14)24(22,23)19-13-15-6-3-2-4-7-15/h2-4,6-7,9-10,12,19H,5,8,11,13H2,1H3. The predicted octanol–water partition coefficient (Wildman–Crippen LogP) is 2.60. The first kappa shape index (κ1) is 16.7. The van der Waals surface area contributed by atoms with Crippen molar-refractivity contribution in [2.45, 2.75) is 31.2 Å². The fourth-order valence-electron chi connectivity index (χ4n) is 2.82. The van der Waals surface area contributed by atoms with Crippen molar-refractivity contribution in [1.29, 1.82) is 0 Å². The Labute approximate surface area is 142 Å². The second kappa shape index (κ2) is 6.75. The topological polar surface area (TPSA) is 66.5 Å². The van der Waals surface area contributed by atoms with Gasteiger partial charge in [-0.2, -0.15) is 0 Å². The molecule has 2 aromatic carbocycles. The molecule has 0 atom stereocenters. The van der Waals surface area contributed by atoms with Crippen molar-refractivity contribution in [3.05, 3.63) is 59.7 Å². The highest BCUT2D eigenvalue weighted by molar-refractivity contribution is 7.89. The molecule has 1 aliphatic rings. The van der Waals surface area contributed by atoms with Crippen LogP contribution in [0.25, 0.3) is 0 Å². The fourth-order valence-corrected chi connectivity index (χ4v) is 4.10. The molecule has 1 aliphatic heterocycles. The number of hydrogen-bond donors (Lipinski definition) is 1. The molecular formula is C18H20N2O3S. The first-order valence-corrected chi connectivity index (χ1v) is 9.40. The third kappa shape index (κ3) is 3.49. The number of carbonyl (C=O) groups excluding carboxylic acids is 1. The second-order valence-electron chi connectivity index (χ2n) is 5.91. The lowest BCUT2D eigenvalue weighted by atomic mass is 10.2. The first-order chi connectivity index (χ1) is 11.5. The number of hydrogen-bond acceptors (Lipinski definition) is 3. The van der Waals surface area contributed by atoms with E-state index in [0.29, 0.717) is 24.2 Å². The number of aryl methyl sites for hydroxylation is 1. The molecular weight excluding hydrogens is 324 g/mol. The van der Waals surface area contributed by atoms with Crippen molar-refractivity contribution in [3.8, 4) is 0 Å². The Bertz CT molecular complexity index is 848. The highest BCUT2D eigenvalue weighted by Crippen LogP contribution is 2.26. The normalized spacial score (nSPS) is 15.0. The fraction of sp³-hybridized carbons (Fsp3) is 0.278. The van der Waals surface area contributed by atoms with E-state index in [2.05, 4.69) is 4.72 Å². The number of rotatable bonds is 5. The summed E-state index contributed by atoms with van der Waals surface area (Å²) in [5.74, 6) is 0.0412. The van der Waals surface area contributed by atoms with E-state index >= 15 is 0 Å². The molecule has 3 rings (SSSR count). The van der Waals surface area contributed by atoms with Crippen LogP contribution in [0.5, 0.6) is 0 Å². The second-order valence-corrected chi connectivity index (χ2v) is 7.64. The zero-order valence-electron chi connectivity index (χ0n) is 13.5. The predicted molar refractivity (Wildman–Crippen MR) is 93.2 cm³/mol. The Morgan fingerprint density at radius 1 is 1.12 bits per heavy atom. The average Bonchev–Trinajstić information content (AvgIpc) is 3.00. The minimum Gasteiger partial charge on any atom is -0.312 e. The van der Waals surface area contributed by atoms with Gasteiger partial charge in [-0.25, -0.2) is 13.1 Å². The van der Waals surface area contributed by atoms with Gasteiger partial charge >= 0.3 is 0 Å². The molecule has 0 radical (unpaired) electrons. The van der Waals surface area contributed by atoms with Gasteiger partial charge in [0.05, 0.1) is 4.90 Å². The van der Waals surface area contributed by atoms with Crippen molar-refractivity contribution >= 4 is 21.6 Å². The molecule has 1 N–H and O–H groups in total. The van der Waals surface area contributed by atoms with E-state index in [4.69, 9.17) is 0 Å². The van der Waals surface area contributed by atoms with E-state index in [1.165, 1.54) is 0 Å². The van der Waals surface area contributed by atoms with E-state index in [-0.39, 0.29) is 17.3 Å². The van der Waals surface area contributed by atoms with E-state index in [9.17, 15) is 13.2 Å². The van der Waals surface area contributed by atoms with Crippen LogP contribution in [-0.2, 0) is 21.4 Å². The lowest BCUT2D eigenvalue weighted by Crippen LogP contribution is -2.26. The molecule has 0 unspecified atom stereocenters. The first-order valence-electron chi connectivity index (χ1n) is 7.92. The summed E-state index contributed by atoms with van der Waals surface area (Å²) in [6, 6.07) is 14.5. The molecule has 24 heavy (non-hydrogen) atoms. The van der Waals surface area contributed by atoms with Gasteiger partial charge in [-0.05, 0) is 36.6 Å². The van der Waals surface area contributed by atoms with Crippen LogP contribution in [0, 0.1) is 6.92 Å². The van der Waals surface area contributed by atoms with Crippen LogP contribution in [-0.4, -0.2) is 20.9 Å². The van der Waals surface area contributed by atoms with Gasteiger partial charge in [-0.1, -0.05) is 36.4 Å². The SMILES string of the molecule is Cc1ccc(N2CCCC2=O)cc1S(=O)(=O)NCc1ccccc1. The monoisotopic (exact) mass is 344 g/mol. The van der Waals surface area contributed by atoms with E-state index in [0.717, 1.165) is 12.0 Å². The summed E-state index contributed by atoms with van der Waals surface area (Å²) in [7, 11) is -3.65. The summed E-state index contributed by atoms with van der Waals surface area (Å²) in [5, 5.41) is 0. The Kier molecular flexibility index (Phi) is 4.69. The third-order valence-electron chi connectivity index (χ3n) is 4.16. The molecule has 0 aromatic heterocycles. The van der Waals surface area contributed by atoms with Gasteiger partial charge in [0.2, 0.25) is 15.9 Å². The largest absolute Gasteiger partial charge is 0.312 e. The van der Waals surface area contributed by atoms with Crippen molar-refractivity contribution < 1.29 is 13.2 Å². The quantitative estimate of drug-likeness (QED) is 0.907. The highest BCUT2D eigenvalue weighted by Gasteiger charge is 2.24. The van der Waals surface area contributed by atoms with Gasteiger partial charge in [0.25, 0.3) is 0 Å². The molecule has 126 valence electrons. The Hall–Kier alpha value is -2.18. The highest BCUT2D eigenvalue weighted by atomic mass is 32.2. The van der Waals surface area contributed by atoms with Gasteiger partial charge in [0, 0.05) is 25.2 Å². The van der Waals surface area contributed by atoms with Gasteiger partial charge in [0.15, 0.2) is 0 Å². The summed E-state index contributed by atoms with van der Waals surface area (Å²) in [6.07, 6.45) is 1.32. The van der Waals surface area contributed by atoms with Gasteiger partial charge < -0.3 is 4.90 Å². The van der Waals surface area contributed by atoms with Crippen LogP contribution in [0.3, 0.4) is 0 Å². The maximum absolute atomic E-state index is 12.7. The molecule has 0 spiro atoms. The Morgan fingerprint density at radius 3 is 2.54 bits per heavy atom. The number of carbonyl (C=O) groups is 1. The van der Waals surface area contributed by atoms with E-state index < -0.39 is 10.0 Å². The van der Waals surface area contributed by atoms with Crippen LogP contribution in [0.15, 0.2) is 53.4 Å². The van der Waals surface area contributed by atoms with Crippen molar-refractivity contribution in [2.24, 2.45) is 0 Å². The molecule has 0 saturated carbocycles. The van der Waals surface area contributed by atoms with Crippen LogP contribution in [0.1, 0.15) is 24.0 Å². The van der Waals surface area contributed by atoms with Crippen LogP contribution >= 0.6 is 0 Å². The maximum Gasteiger partial charge on any atom is 0.241 e. The molecule has 2 aromatic rings. The zero-order valence-corrected chi connectivity index (χ0v) is 14.3. The zero-order chi connectivity index (χ0) is 17.2. The van der Waals surface area contributed by atoms with Crippen LogP contribution in [0.4, 0.5) is 5.69 Å². The lowest BCUT2D eigenvalue weighted by molar-refractivity contribution is -0.117. The van der Waals surface area contributed by atoms with Gasteiger partial charge in [0.1, 0.15) is 0 Å². The number of benzene rings is 2. The minimum absolute atomic E-state index is 0.0412. The molecule has 1 fully saturated rings. The van der Waals surface area contributed by atoms with Crippen molar-refractivity contribution in [1.82, 2.24) is 4.72 Å². The molecule has 6 heteroatoms. The van der Waals surface area contributed by atoms with Crippen LogP contribution in [0.2, 0.25) is 0 Å². The lowest BCUT2D eigenvalue weighted by Gasteiger charge is -2.18. The summed E-state index contributed by atoms with van der Waals surface area (Å²) in [4.78, 5) is 13.8. The average molecular weight is 344 g/mol. The summed E-state index contributed by atoms with van der Waals surface area (Å²) < 4.78 is 28.0. The van der Waals surface area contributed by atoms with Gasteiger partial charge in [-0.3, -0.25) is 4.79 Å². The number of nitrogens with one attached hydrogen (secondary N) is 1. The molecule has 1 amide bonds. The molecule has 1 saturated heterocycles. The summed E-state index contributed by atoms with van der Waals surface area (Å²) >= 11 is 0. The van der Waals surface area contributed by atoms with Crippen molar-refractivity contribution in [3.63, 3.8) is 0 Å². The van der Waals surface area contributed by atoms with Crippen molar-refractivity contribution in [2.75, 3.05) is 11.4 Å². The molecule has 0 aliphatic carbocycles. The Morgan fingerprint density at radius 2 is 1.88 bits per heavy atom. The minimum atomic E-state index is -3.65. The summed E-state index contributed by atoms with van der Waals surface area (Å²) in [6.45, 7) is 2.63. The number of sulfonamides is 1. The number of amides is 1. The van der Waals surface area contributed by atoms with Crippen LogP contribution < -0.4 is 9.62 Å². The Balaban J connectivity index is 1.85. The van der Waals surface area contributed by atoms with Gasteiger partial charge in [-0.15, -0.1) is 0 Å². The summed E-state index contributed by atoms with van der Waals surface area (Å²) in [5.41, 5.74) is 2.19. The van der Waals surface area contributed by atoms with E-state index in [1.807, 2.05) is 30.3 Å². The third-order valence-corrected chi connectivity index (χ3v) is 5.70. The van der Waals surface area contributed by atoms with E-state index in [1.54, 1.807) is 30.0 Å². The smallest absolute Gasteiger partial charge is 0.241 e. The molecule has 1 heterocycles. The maximum atomic E-state index is 12.7. The molecule has 0 bridgehead atoms. The number of anilines is 1. The molecule has 5 nitrogen and oxygen atoms in total.